The number of aromatic amines is 1. The van der Waals surface area contributed by atoms with Gasteiger partial charge in [0.05, 0.1) is 22.5 Å². The highest BCUT2D eigenvalue weighted by Crippen LogP contribution is 2.34. The largest absolute Gasteiger partial charge is 0.383 e. The second kappa shape index (κ2) is 7.72. The standard InChI is InChI=1S/C24H24N8/c25-23-21-22(31-32(24(21)28-14-27-23)17-8-10-26-11-9-17)16-6-7-18-19(13-16)30-20(29-18)12-15-4-2-1-3-5-15/h1-7,13-14,17,26H,8-12H2,(H,29,30)(H2,25,27,28). The van der Waals surface area contributed by atoms with Gasteiger partial charge in [-0.15, -0.1) is 0 Å². The number of rotatable bonds is 4. The van der Waals surface area contributed by atoms with Gasteiger partial charge in [0.2, 0.25) is 0 Å². The maximum absolute atomic E-state index is 6.30. The zero-order valence-corrected chi connectivity index (χ0v) is 17.6. The predicted octanol–water partition coefficient (Wildman–Crippen LogP) is 3.47. The lowest BCUT2D eigenvalue weighted by molar-refractivity contribution is 0.350. The predicted molar refractivity (Wildman–Crippen MR) is 125 cm³/mol. The summed E-state index contributed by atoms with van der Waals surface area (Å²) in [7, 11) is 0. The molecule has 0 spiro atoms. The van der Waals surface area contributed by atoms with Gasteiger partial charge in [-0.25, -0.2) is 19.6 Å². The topological polar surface area (TPSA) is 110 Å². The number of aromatic nitrogens is 6. The molecule has 0 bridgehead atoms. The first-order chi connectivity index (χ1) is 15.8. The Bertz CT molecular complexity index is 1400. The maximum atomic E-state index is 6.30. The van der Waals surface area contributed by atoms with Crippen molar-refractivity contribution in [2.45, 2.75) is 25.3 Å². The van der Waals surface area contributed by atoms with Gasteiger partial charge >= 0.3 is 0 Å². The minimum atomic E-state index is 0.301. The number of nitrogen functional groups attached to an aromatic ring is 1. The molecule has 0 amide bonds. The second-order valence-electron chi connectivity index (χ2n) is 8.31. The summed E-state index contributed by atoms with van der Waals surface area (Å²) in [6, 6.07) is 16.8. The Morgan fingerprint density at radius 3 is 2.72 bits per heavy atom. The first-order valence-corrected chi connectivity index (χ1v) is 11.0. The number of hydrogen-bond donors (Lipinski definition) is 3. The molecule has 4 heterocycles. The minimum Gasteiger partial charge on any atom is -0.383 e. The third kappa shape index (κ3) is 3.29. The number of nitrogens with one attached hydrogen (secondary N) is 2. The molecule has 0 radical (unpaired) electrons. The molecule has 2 aromatic carbocycles. The molecule has 160 valence electrons. The highest BCUT2D eigenvalue weighted by molar-refractivity contribution is 5.99. The van der Waals surface area contributed by atoms with Crippen LogP contribution in [-0.4, -0.2) is 42.8 Å². The normalized spacial score (nSPS) is 15.0. The monoisotopic (exact) mass is 424 g/mol. The van der Waals surface area contributed by atoms with Crippen LogP contribution in [-0.2, 0) is 6.42 Å². The number of nitrogens with zero attached hydrogens (tertiary/aromatic N) is 5. The Labute approximate surface area is 184 Å². The molecule has 0 aliphatic carbocycles. The van der Waals surface area contributed by atoms with Gasteiger partial charge in [-0.3, -0.25) is 0 Å². The van der Waals surface area contributed by atoms with Crippen molar-refractivity contribution >= 4 is 27.9 Å². The van der Waals surface area contributed by atoms with E-state index in [0.29, 0.717) is 11.9 Å². The van der Waals surface area contributed by atoms with Crippen LogP contribution < -0.4 is 11.1 Å². The Morgan fingerprint density at radius 2 is 1.88 bits per heavy atom. The molecule has 0 saturated carbocycles. The summed E-state index contributed by atoms with van der Waals surface area (Å²) in [5, 5.41) is 9.22. The number of imidazole rings is 1. The van der Waals surface area contributed by atoms with Gasteiger partial charge in [0.15, 0.2) is 5.65 Å². The van der Waals surface area contributed by atoms with Crippen LogP contribution in [0, 0.1) is 0 Å². The number of fused-ring (bicyclic) bond motifs is 2. The number of piperidine rings is 1. The first kappa shape index (κ1) is 18.9. The van der Waals surface area contributed by atoms with Gasteiger partial charge in [0.25, 0.3) is 0 Å². The van der Waals surface area contributed by atoms with Crippen molar-refractivity contribution in [3.8, 4) is 11.3 Å². The molecule has 1 saturated heterocycles. The van der Waals surface area contributed by atoms with Crippen molar-refractivity contribution in [1.82, 2.24) is 35.0 Å². The molecular formula is C24H24N8. The number of anilines is 1. The van der Waals surface area contributed by atoms with Crippen molar-refractivity contribution in [3.63, 3.8) is 0 Å². The molecular weight excluding hydrogens is 400 g/mol. The highest BCUT2D eigenvalue weighted by Gasteiger charge is 2.23. The van der Waals surface area contributed by atoms with E-state index in [-0.39, 0.29) is 0 Å². The Hall–Kier alpha value is -3.78. The number of benzene rings is 2. The lowest BCUT2D eigenvalue weighted by atomic mass is 10.1. The van der Waals surface area contributed by atoms with Crippen LogP contribution >= 0.6 is 0 Å². The summed E-state index contributed by atoms with van der Waals surface area (Å²) in [6.45, 7) is 1.96. The van der Waals surface area contributed by atoms with Crippen LogP contribution in [0.2, 0.25) is 0 Å². The molecule has 3 aromatic heterocycles. The summed E-state index contributed by atoms with van der Waals surface area (Å²) in [5.41, 5.74) is 12.0. The summed E-state index contributed by atoms with van der Waals surface area (Å²) in [6.07, 6.45) is 4.32. The SMILES string of the molecule is Nc1ncnc2c1c(-c1ccc3nc(Cc4ccccc4)[nH]c3c1)nn2C1CCNCC1. The van der Waals surface area contributed by atoms with Gasteiger partial charge in [-0.1, -0.05) is 36.4 Å². The van der Waals surface area contributed by atoms with E-state index < -0.39 is 0 Å². The third-order valence-electron chi connectivity index (χ3n) is 6.19. The van der Waals surface area contributed by atoms with Crippen molar-refractivity contribution in [3.05, 3.63) is 66.2 Å². The zero-order chi connectivity index (χ0) is 21.5. The molecule has 0 unspecified atom stereocenters. The Kier molecular flexibility index (Phi) is 4.57. The van der Waals surface area contributed by atoms with Crippen LogP contribution in [0.3, 0.4) is 0 Å². The molecule has 8 heteroatoms. The van der Waals surface area contributed by atoms with Crippen molar-refractivity contribution < 1.29 is 0 Å². The fourth-order valence-electron chi connectivity index (χ4n) is 4.59. The average molecular weight is 425 g/mol. The summed E-state index contributed by atoms with van der Waals surface area (Å²) in [4.78, 5) is 17.0. The molecule has 1 aliphatic rings. The first-order valence-electron chi connectivity index (χ1n) is 11.0. The van der Waals surface area contributed by atoms with Gasteiger partial charge in [0.1, 0.15) is 23.7 Å². The molecule has 32 heavy (non-hydrogen) atoms. The van der Waals surface area contributed by atoms with Gasteiger partial charge in [-0.05, 0) is 43.6 Å². The van der Waals surface area contributed by atoms with Crippen molar-refractivity contribution in [2.24, 2.45) is 0 Å². The van der Waals surface area contributed by atoms with E-state index in [1.807, 2.05) is 28.9 Å². The molecule has 1 aliphatic heterocycles. The van der Waals surface area contributed by atoms with Crippen LogP contribution in [0.4, 0.5) is 5.82 Å². The number of hydrogen-bond acceptors (Lipinski definition) is 6. The minimum absolute atomic E-state index is 0.301. The summed E-state index contributed by atoms with van der Waals surface area (Å²) in [5.74, 6) is 1.40. The highest BCUT2D eigenvalue weighted by atomic mass is 15.3. The fraction of sp³-hybridized carbons (Fsp3) is 0.250. The van der Waals surface area contributed by atoms with Crippen molar-refractivity contribution in [1.29, 1.82) is 0 Å². The quantitative estimate of drug-likeness (QED) is 0.407. The van der Waals surface area contributed by atoms with Gasteiger partial charge in [0, 0.05) is 12.0 Å². The molecule has 1 fully saturated rings. The van der Waals surface area contributed by atoms with Gasteiger partial charge < -0.3 is 16.0 Å². The fourth-order valence-corrected chi connectivity index (χ4v) is 4.59. The number of nitrogens with two attached hydrogens (primary N) is 1. The van der Waals surface area contributed by atoms with Crippen LogP contribution in [0.25, 0.3) is 33.3 Å². The van der Waals surface area contributed by atoms with E-state index in [9.17, 15) is 0 Å². The Morgan fingerprint density at radius 1 is 1.03 bits per heavy atom. The van der Waals surface area contributed by atoms with Gasteiger partial charge in [-0.2, -0.15) is 5.10 Å². The smallest absolute Gasteiger partial charge is 0.164 e. The molecule has 5 aromatic rings. The third-order valence-corrected chi connectivity index (χ3v) is 6.19. The lowest BCUT2D eigenvalue weighted by Crippen LogP contribution is -2.30. The molecule has 6 rings (SSSR count). The summed E-state index contributed by atoms with van der Waals surface area (Å²) < 4.78 is 2.04. The van der Waals surface area contributed by atoms with E-state index >= 15 is 0 Å². The molecule has 0 atom stereocenters. The molecule has 8 nitrogen and oxygen atoms in total. The molecule has 4 N–H and O–H groups in total. The lowest BCUT2D eigenvalue weighted by Gasteiger charge is -2.23. The van der Waals surface area contributed by atoms with Crippen LogP contribution in [0.15, 0.2) is 54.9 Å². The summed E-state index contributed by atoms with van der Waals surface area (Å²) >= 11 is 0. The average Bonchev–Trinajstić information content (AvgIpc) is 3.41. The van der Waals surface area contributed by atoms with E-state index in [4.69, 9.17) is 15.8 Å². The van der Waals surface area contributed by atoms with Crippen LogP contribution in [0.1, 0.15) is 30.3 Å². The van der Waals surface area contributed by atoms with E-state index in [2.05, 4.69) is 44.5 Å². The second-order valence-corrected chi connectivity index (χ2v) is 8.31. The van der Waals surface area contributed by atoms with E-state index in [1.54, 1.807) is 0 Å². The zero-order valence-electron chi connectivity index (χ0n) is 17.6. The van der Waals surface area contributed by atoms with E-state index in [1.165, 1.54) is 11.9 Å². The van der Waals surface area contributed by atoms with Crippen molar-refractivity contribution in [2.75, 3.05) is 18.8 Å². The van der Waals surface area contributed by atoms with Crippen LogP contribution in [0.5, 0.6) is 0 Å². The maximum Gasteiger partial charge on any atom is 0.164 e. The Balaban J connectivity index is 1.43. The number of H-pyrrole nitrogens is 1. The van der Waals surface area contributed by atoms with E-state index in [0.717, 1.165) is 71.5 Å².